The molecule has 0 aromatic heterocycles. The molecule has 116 valence electrons. The van der Waals surface area contributed by atoms with Gasteiger partial charge in [0.1, 0.15) is 5.75 Å². The lowest BCUT2D eigenvalue weighted by Crippen LogP contribution is -2.38. The Labute approximate surface area is 126 Å². The number of carbonyl (C=O) groups is 1. The largest absolute Gasteiger partial charge is 0.494 e. The van der Waals surface area contributed by atoms with Crippen molar-refractivity contribution in [3.63, 3.8) is 0 Å². The molecule has 5 heteroatoms. The highest BCUT2D eigenvalue weighted by atomic mass is 16.6. The zero-order chi connectivity index (χ0) is 15.7. The van der Waals surface area contributed by atoms with E-state index in [-0.39, 0.29) is 18.6 Å². The highest BCUT2D eigenvalue weighted by Crippen LogP contribution is 2.10. The predicted octanol–water partition coefficient (Wildman–Crippen LogP) is 2.60. The Hall–Kier alpha value is -2.04. The molecule has 1 rings (SSSR count). The predicted molar refractivity (Wildman–Crippen MR) is 83.6 cm³/mol. The molecule has 1 amide bonds. The molecule has 0 fully saturated rings. The maximum atomic E-state index is 11.6. The van der Waals surface area contributed by atoms with E-state index in [0.29, 0.717) is 12.5 Å². The summed E-state index contributed by atoms with van der Waals surface area (Å²) in [4.78, 5) is 16.5. The van der Waals surface area contributed by atoms with Gasteiger partial charge in [-0.25, -0.2) is 0 Å². The molecular formula is C16H24N2O3. The fraction of sp³-hybridized carbons (Fsp3) is 0.500. The quantitative estimate of drug-likeness (QED) is 0.592. The van der Waals surface area contributed by atoms with Crippen LogP contribution in [0, 0.1) is 5.92 Å². The second kappa shape index (κ2) is 9.00. The minimum Gasteiger partial charge on any atom is -0.494 e. The molecule has 1 aromatic carbocycles. The Kier molecular flexibility index (Phi) is 7.29. The number of hydrogen-bond donors (Lipinski definition) is 1. The van der Waals surface area contributed by atoms with Crippen LogP contribution in [-0.4, -0.2) is 31.4 Å². The zero-order valence-electron chi connectivity index (χ0n) is 13.1. The van der Waals surface area contributed by atoms with Gasteiger partial charge in [-0.1, -0.05) is 19.0 Å². The van der Waals surface area contributed by atoms with Crippen molar-refractivity contribution in [1.29, 1.82) is 0 Å². The Morgan fingerprint density at radius 1 is 1.29 bits per heavy atom. The number of benzene rings is 1. The van der Waals surface area contributed by atoms with E-state index in [9.17, 15) is 4.79 Å². The molecule has 5 nitrogen and oxygen atoms in total. The maximum Gasteiger partial charge on any atom is 0.260 e. The van der Waals surface area contributed by atoms with Crippen molar-refractivity contribution in [2.45, 2.75) is 33.7 Å². The van der Waals surface area contributed by atoms with Crippen molar-refractivity contribution < 1.29 is 14.4 Å². The molecule has 21 heavy (non-hydrogen) atoms. The number of rotatable bonds is 8. The van der Waals surface area contributed by atoms with Gasteiger partial charge in [-0.3, -0.25) is 4.79 Å². The van der Waals surface area contributed by atoms with Crippen molar-refractivity contribution in [2.24, 2.45) is 11.1 Å². The van der Waals surface area contributed by atoms with Crippen molar-refractivity contribution in [1.82, 2.24) is 5.32 Å². The van der Waals surface area contributed by atoms with Gasteiger partial charge in [-0.05, 0) is 49.6 Å². The average Bonchev–Trinajstić information content (AvgIpc) is 2.45. The second-order valence-electron chi connectivity index (χ2n) is 5.11. The first-order valence-corrected chi connectivity index (χ1v) is 7.20. The second-order valence-corrected chi connectivity index (χ2v) is 5.11. The molecule has 0 radical (unpaired) electrons. The number of ether oxygens (including phenoxy) is 1. The number of nitrogens with one attached hydrogen (secondary N) is 1. The first kappa shape index (κ1) is 17.0. The van der Waals surface area contributed by atoms with Crippen LogP contribution in [0.25, 0.3) is 0 Å². The number of hydrogen-bond acceptors (Lipinski definition) is 4. The molecular weight excluding hydrogens is 268 g/mol. The van der Waals surface area contributed by atoms with E-state index in [2.05, 4.69) is 24.3 Å². The van der Waals surface area contributed by atoms with Crippen LogP contribution in [0.2, 0.25) is 0 Å². The summed E-state index contributed by atoms with van der Waals surface area (Å²) in [5, 5.41) is 6.63. The van der Waals surface area contributed by atoms with Crippen LogP contribution in [0.1, 0.15) is 33.3 Å². The van der Waals surface area contributed by atoms with Crippen LogP contribution in [0.4, 0.5) is 0 Å². The summed E-state index contributed by atoms with van der Waals surface area (Å²) in [6.07, 6.45) is 1.56. The van der Waals surface area contributed by atoms with Gasteiger partial charge < -0.3 is 14.9 Å². The fourth-order valence-corrected chi connectivity index (χ4v) is 1.47. The third-order valence-electron chi connectivity index (χ3n) is 3.05. The number of oxime groups is 1. The summed E-state index contributed by atoms with van der Waals surface area (Å²) >= 11 is 0. The van der Waals surface area contributed by atoms with E-state index in [1.165, 1.54) is 0 Å². The van der Waals surface area contributed by atoms with Gasteiger partial charge in [-0.2, -0.15) is 0 Å². The Balaban J connectivity index is 2.32. The van der Waals surface area contributed by atoms with Crippen LogP contribution in [0.5, 0.6) is 5.75 Å². The summed E-state index contributed by atoms with van der Waals surface area (Å²) in [5.41, 5.74) is 0.884. The van der Waals surface area contributed by atoms with Gasteiger partial charge in [0.15, 0.2) is 6.61 Å². The van der Waals surface area contributed by atoms with Gasteiger partial charge in [0.05, 0.1) is 12.8 Å². The molecule has 1 atom stereocenters. The lowest BCUT2D eigenvalue weighted by molar-refractivity contribution is -0.126. The van der Waals surface area contributed by atoms with E-state index < -0.39 is 0 Å². The van der Waals surface area contributed by atoms with E-state index in [1.807, 2.05) is 38.1 Å². The molecule has 0 aliphatic heterocycles. The van der Waals surface area contributed by atoms with Crippen molar-refractivity contribution in [3.8, 4) is 5.75 Å². The summed E-state index contributed by atoms with van der Waals surface area (Å²) in [6.45, 7) is 8.57. The first-order chi connectivity index (χ1) is 10.0. The van der Waals surface area contributed by atoms with Crippen LogP contribution < -0.4 is 10.1 Å². The van der Waals surface area contributed by atoms with Crippen LogP contribution >= 0.6 is 0 Å². The molecule has 1 N–H and O–H groups in total. The molecule has 1 aromatic rings. The number of carbonyl (C=O) groups excluding carboxylic acids is 1. The molecule has 0 aliphatic rings. The van der Waals surface area contributed by atoms with E-state index in [1.54, 1.807) is 6.21 Å². The molecule has 0 saturated heterocycles. The minimum absolute atomic E-state index is 0.0788. The maximum absolute atomic E-state index is 11.6. The van der Waals surface area contributed by atoms with Crippen LogP contribution in [0.3, 0.4) is 0 Å². The molecule has 0 heterocycles. The Morgan fingerprint density at radius 2 is 1.95 bits per heavy atom. The summed E-state index contributed by atoms with van der Waals surface area (Å²) in [7, 11) is 0. The molecule has 0 saturated carbocycles. The minimum atomic E-state index is -0.167. The van der Waals surface area contributed by atoms with Crippen molar-refractivity contribution >= 4 is 12.1 Å². The van der Waals surface area contributed by atoms with Crippen molar-refractivity contribution in [3.05, 3.63) is 29.8 Å². The molecule has 0 bridgehead atoms. The Bertz CT molecular complexity index is 455. The van der Waals surface area contributed by atoms with Gasteiger partial charge >= 0.3 is 0 Å². The standard InChI is InChI=1S/C16H24N2O3/c1-5-20-15-8-6-14(7-9-15)10-17-21-11-16(19)18-13(4)12(2)3/h6-10,12-13H,5,11H2,1-4H3,(H,18,19)/b17-10-/t13-/m0/s1. The fourth-order valence-electron chi connectivity index (χ4n) is 1.47. The first-order valence-electron chi connectivity index (χ1n) is 7.20. The van der Waals surface area contributed by atoms with Crippen molar-refractivity contribution in [2.75, 3.05) is 13.2 Å². The summed E-state index contributed by atoms with van der Waals surface area (Å²) < 4.78 is 5.35. The average molecular weight is 292 g/mol. The van der Waals surface area contributed by atoms with E-state index in [4.69, 9.17) is 9.57 Å². The van der Waals surface area contributed by atoms with Gasteiger partial charge in [0.2, 0.25) is 0 Å². The lowest BCUT2D eigenvalue weighted by Gasteiger charge is -2.16. The normalized spacial score (nSPS) is 12.4. The van der Waals surface area contributed by atoms with E-state index in [0.717, 1.165) is 11.3 Å². The summed E-state index contributed by atoms with van der Waals surface area (Å²) in [6, 6.07) is 7.59. The number of amides is 1. The SMILES string of the molecule is CCOc1ccc(/C=N\OCC(=O)N[C@@H](C)C(C)C)cc1. The van der Waals surface area contributed by atoms with Gasteiger partial charge in [-0.15, -0.1) is 0 Å². The highest BCUT2D eigenvalue weighted by molar-refractivity contribution is 5.80. The van der Waals surface area contributed by atoms with Crippen LogP contribution in [-0.2, 0) is 9.63 Å². The number of nitrogens with zero attached hydrogens (tertiary/aromatic N) is 1. The molecule has 0 aliphatic carbocycles. The summed E-state index contributed by atoms with van der Waals surface area (Å²) in [5.74, 6) is 1.04. The lowest BCUT2D eigenvalue weighted by atomic mass is 10.1. The highest BCUT2D eigenvalue weighted by Gasteiger charge is 2.10. The smallest absolute Gasteiger partial charge is 0.260 e. The van der Waals surface area contributed by atoms with Gasteiger partial charge in [0.25, 0.3) is 5.91 Å². The molecule has 0 unspecified atom stereocenters. The van der Waals surface area contributed by atoms with Gasteiger partial charge in [0, 0.05) is 6.04 Å². The third kappa shape index (κ3) is 6.79. The zero-order valence-corrected chi connectivity index (χ0v) is 13.1. The third-order valence-corrected chi connectivity index (χ3v) is 3.05. The van der Waals surface area contributed by atoms with E-state index >= 15 is 0 Å². The topological polar surface area (TPSA) is 59.9 Å². The van der Waals surface area contributed by atoms with Crippen LogP contribution in [0.15, 0.2) is 29.4 Å². The Morgan fingerprint density at radius 3 is 2.52 bits per heavy atom. The monoisotopic (exact) mass is 292 g/mol. The molecule has 0 spiro atoms.